The van der Waals surface area contributed by atoms with Crippen molar-refractivity contribution in [2.75, 3.05) is 7.05 Å². The number of likely N-dealkylation sites (N-methyl/N-ethyl adjacent to an activating group) is 1. The molecule has 1 fully saturated rings. The quantitative estimate of drug-likeness (QED) is 0.254. The van der Waals surface area contributed by atoms with E-state index >= 15 is 0 Å². The van der Waals surface area contributed by atoms with E-state index in [-0.39, 0.29) is 18.2 Å². The van der Waals surface area contributed by atoms with Crippen molar-refractivity contribution in [3.63, 3.8) is 0 Å². The summed E-state index contributed by atoms with van der Waals surface area (Å²) in [6, 6.07) is 0.280. The van der Waals surface area contributed by atoms with Crippen LogP contribution < -0.4 is 11.6 Å². The summed E-state index contributed by atoms with van der Waals surface area (Å²) in [7, 11) is 1.88. The maximum absolute atomic E-state index is 5.60. The normalized spacial score (nSPS) is 35.0. The van der Waals surface area contributed by atoms with Gasteiger partial charge in [-0.1, -0.05) is 0 Å². The number of nitrogens with zero attached hydrogens (tertiary/aromatic N) is 2. The molecule has 0 aliphatic carbocycles. The number of hydrogen-bond donors (Lipinski definition) is 2. The van der Waals surface area contributed by atoms with Gasteiger partial charge in [0, 0.05) is 7.05 Å². The molecule has 0 spiro atoms. The summed E-state index contributed by atoms with van der Waals surface area (Å²) in [5.41, 5.74) is 5.60. The van der Waals surface area contributed by atoms with E-state index in [4.69, 9.17) is 16.3 Å². The highest BCUT2D eigenvalue weighted by Crippen LogP contribution is 2.23. The van der Waals surface area contributed by atoms with Gasteiger partial charge >= 0.3 is 0 Å². The van der Waals surface area contributed by atoms with Crippen LogP contribution in [0.1, 0.15) is 20.3 Å². The molecule has 1 rings (SSSR count). The van der Waals surface area contributed by atoms with Crippen molar-refractivity contribution in [1.82, 2.24) is 4.90 Å². The molecule has 5 nitrogen and oxygen atoms in total. The van der Waals surface area contributed by atoms with Crippen molar-refractivity contribution in [3.8, 4) is 0 Å². The number of guanidine groups is 1. The third kappa shape index (κ3) is 2.03. The van der Waals surface area contributed by atoms with Gasteiger partial charge in [-0.25, -0.2) is 0 Å². The zero-order valence-corrected chi connectivity index (χ0v) is 8.40. The topological polar surface area (TPSA) is 76.9 Å². The van der Waals surface area contributed by atoms with E-state index in [2.05, 4.69) is 12.0 Å². The monoisotopic (exact) mass is 186 g/mol. The molecule has 5 heteroatoms. The molecule has 1 saturated heterocycles. The smallest absolute Gasteiger partial charge is 0.213 e. The Morgan fingerprint density at radius 2 is 2.15 bits per heavy atom. The fourth-order valence-electron chi connectivity index (χ4n) is 1.78. The van der Waals surface area contributed by atoms with E-state index in [1.54, 1.807) is 0 Å². The molecule has 1 aliphatic rings. The maximum Gasteiger partial charge on any atom is 0.213 e. The lowest BCUT2D eigenvalue weighted by atomic mass is 10.1. The van der Waals surface area contributed by atoms with Gasteiger partial charge in [0.05, 0.1) is 18.2 Å². The maximum atomic E-state index is 5.60. The molecule has 76 valence electrons. The van der Waals surface area contributed by atoms with Gasteiger partial charge in [-0.05, 0) is 20.3 Å². The van der Waals surface area contributed by atoms with E-state index in [1.165, 1.54) is 0 Å². The number of hydrogen-bond acceptors (Lipinski definition) is 3. The van der Waals surface area contributed by atoms with Gasteiger partial charge in [-0.2, -0.15) is 0 Å². The lowest BCUT2D eigenvalue weighted by Gasteiger charge is -2.26. The summed E-state index contributed by atoms with van der Waals surface area (Å²) in [6.07, 6.45) is 1.43. The van der Waals surface area contributed by atoms with Gasteiger partial charge in [0.1, 0.15) is 0 Å². The Labute approximate surface area is 78.7 Å². The van der Waals surface area contributed by atoms with Crippen LogP contribution in [0.4, 0.5) is 0 Å². The molecular weight excluding hydrogens is 168 g/mol. The van der Waals surface area contributed by atoms with E-state index in [0.29, 0.717) is 5.96 Å². The summed E-state index contributed by atoms with van der Waals surface area (Å²) < 4.78 is 5.60. The van der Waals surface area contributed by atoms with Gasteiger partial charge in [-0.15, -0.1) is 5.10 Å². The Morgan fingerprint density at radius 1 is 1.54 bits per heavy atom. The van der Waals surface area contributed by atoms with Crippen molar-refractivity contribution in [2.24, 2.45) is 16.7 Å². The first-order valence-electron chi connectivity index (χ1n) is 4.48. The second-order valence-electron chi connectivity index (χ2n) is 3.55. The Bertz CT molecular complexity index is 206. The summed E-state index contributed by atoms with van der Waals surface area (Å²) in [5.74, 6) is 5.46. The van der Waals surface area contributed by atoms with Crippen LogP contribution in [-0.2, 0) is 4.74 Å². The van der Waals surface area contributed by atoms with Crippen molar-refractivity contribution < 1.29 is 4.74 Å². The van der Waals surface area contributed by atoms with Gasteiger partial charge < -0.3 is 21.2 Å². The molecule has 0 aromatic carbocycles. The Hall–Kier alpha value is -0.970. The minimum atomic E-state index is 0.181. The molecule has 0 amide bonds. The predicted octanol–water partition coefficient (Wildman–Crippen LogP) is -0.327. The molecule has 1 heterocycles. The molecule has 0 aromatic heterocycles. The van der Waals surface area contributed by atoms with Crippen LogP contribution in [0, 0.1) is 0 Å². The second-order valence-corrected chi connectivity index (χ2v) is 3.55. The van der Waals surface area contributed by atoms with Crippen LogP contribution in [-0.4, -0.2) is 36.2 Å². The van der Waals surface area contributed by atoms with Crippen LogP contribution >= 0.6 is 0 Å². The van der Waals surface area contributed by atoms with E-state index in [1.807, 2.05) is 18.9 Å². The van der Waals surface area contributed by atoms with E-state index in [9.17, 15) is 0 Å². The van der Waals surface area contributed by atoms with Gasteiger partial charge in [0.25, 0.3) is 0 Å². The Morgan fingerprint density at radius 3 is 2.54 bits per heavy atom. The number of ether oxygens (including phenoxy) is 1. The molecule has 0 bridgehead atoms. The Balaban J connectivity index is 2.62. The molecule has 4 N–H and O–H groups in total. The van der Waals surface area contributed by atoms with Crippen molar-refractivity contribution in [1.29, 1.82) is 0 Å². The molecular formula is C8H18N4O. The molecule has 3 unspecified atom stereocenters. The van der Waals surface area contributed by atoms with E-state index in [0.717, 1.165) is 6.42 Å². The minimum Gasteiger partial charge on any atom is -0.373 e. The SMILES string of the molecule is CC1CC(N(C)/C(N)=N/N)C(C)O1. The van der Waals surface area contributed by atoms with E-state index < -0.39 is 0 Å². The van der Waals surface area contributed by atoms with Gasteiger partial charge in [0.15, 0.2) is 0 Å². The fraction of sp³-hybridized carbons (Fsp3) is 0.875. The van der Waals surface area contributed by atoms with Crippen molar-refractivity contribution >= 4 is 5.96 Å². The predicted molar refractivity (Wildman–Crippen MR) is 52.0 cm³/mol. The van der Waals surface area contributed by atoms with Crippen LogP contribution in [0.15, 0.2) is 5.10 Å². The molecule has 1 aliphatic heterocycles. The lowest BCUT2D eigenvalue weighted by molar-refractivity contribution is 0.0536. The molecule has 3 atom stereocenters. The standard InChI is InChI=1S/C8H18N4O/c1-5-4-7(6(2)13-5)12(3)8(9)11-10/h5-7H,4,10H2,1-3H3,(H2,9,11). The summed E-state index contributed by atoms with van der Waals surface area (Å²) in [4.78, 5) is 1.87. The summed E-state index contributed by atoms with van der Waals surface area (Å²) in [6.45, 7) is 4.09. The van der Waals surface area contributed by atoms with Crippen LogP contribution in [0.2, 0.25) is 0 Å². The highest BCUT2D eigenvalue weighted by Gasteiger charge is 2.33. The summed E-state index contributed by atoms with van der Waals surface area (Å²) in [5, 5.41) is 3.46. The zero-order valence-electron chi connectivity index (χ0n) is 8.40. The van der Waals surface area contributed by atoms with Crippen molar-refractivity contribution in [2.45, 2.75) is 38.5 Å². The third-order valence-electron chi connectivity index (χ3n) is 2.55. The zero-order chi connectivity index (χ0) is 10.0. The number of nitrogens with two attached hydrogens (primary N) is 2. The average molecular weight is 186 g/mol. The minimum absolute atomic E-state index is 0.181. The Kier molecular flexibility index (Phi) is 2.98. The first-order valence-corrected chi connectivity index (χ1v) is 4.48. The first kappa shape index (κ1) is 10.1. The number of hydrazone groups is 1. The molecule has 0 saturated carbocycles. The molecule has 0 aromatic rings. The summed E-state index contributed by atoms with van der Waals surface area (Å²) >= 11 is 0. The fourth-order valence-corrected chi connectivity index (χ4v) is 1.78. The highest BCUT2D eigenvalue weighted by molar-refractivity contribution is 5.77. The van der Waals surface area contributed by atoms with Crippen LogP contribution in [0.5, 0.6) is 0 Å². The first-order chi connectivity index (χ1) is 6.06. The van der Waals surface area contributed by atoms with Gasteiger partial charge in [-0.3, -0.25) is 0 Å². The molecule has 0 radical (unpaired) electrons. The third-order valence-corrected chi connectivity index (χ3v) is 2.55. The van der Waals surface area contributed by atoms with Crippen molar-refractivity contribution in [3.05, 3.63) is 0 Å². The van der Waals surface area contributed by atoms with Crippen LogP contribution in [0.25, 0.3) is 0 Å². The van der Waals surface area contributed by atoms with Crippen LogP contribution in [0.3, 0.4) is 0 Å². The average Bonchev–Trinajstić information content (AvgIpc) is 2.42. The number of rotatable bonds is 1. The molecule has 13 heavy (non-hydrogen) atoms. The lowest BCUT2D eigenvalue weighted by Crippen LogP contribution is -2.45. The second kappa shape index (κ2) is 3.83. The van der Waals surface area contributed by atoms with Gasteiger partial charge in [0.2, 0.25) is 5.96 Å². The largest absolute Gasteiger partial charge is 0.373 e. The highest BCUT2D eigenvalue weighted by atomic mass is 16.5.